The highest BCUT2D eigenvalue weighted by Crippen LogP contribution is 2.17. The summed E-state index contributed by atoms with van der Waals surface area (Å²) in [5, 5.41) is 6.38. The Morgan fingerprint density at radius 2 is 1.40 bits per heavy atom. The van der Waals surface area contributed by atoms with Crippen LogP contribution in [0, 0.1) is 0 Å². The summed E-state index contributed by atoms with van der Waals surface area (Å²) in [6, 6.07) is 15.5. The molecule has 0 aliphatic carbocycles. The zero-order chi connectivity index (χ0) is 14.6. The van der Waals surface area contributed by atoms with Crippen LogP contribution in [0.5, 0.6) is 0 Å². The molecular weight excluding hydrogens is 316 g/mol. The average molecular weight is 327 g/mol. The number of benzene rings is 2. The van der Waals surface area contributed by atoms with Gasteiger partial charge in [-0.15, -0.1) is 0 Å². The first-order valence-corrected chi connectivity index (χ1v) is 8.35. The van der Waals surface area contributed by atoms with Crippen molar-refractivity contribution in [1.82, 2.24) is 0 Å². The lowest BCUT2D eigenvalue weighted by Crippen LogP contribution is -2.18. The smallest absolute Gasteiger partial charge is 0.261 e. The summed E-state index contributed by atoms with van der Waals surface area (Å²) in [7, 11) is 1.54. The highest BCUT2D eigenvalue weighted by molar-refractivity contribution is 8.13. The van der Waals surface area contributed by atoms with Crippen LogP contribution in [0.3, 0.4) is 0 Å². The molecule has 0 fully saturated rings. The van der Waals surface area contributed by atoms with E-state index in [1.54, 1.807) is 12.1 Å². The second kappa shape index (κ2) is 6.21. The van der Waals surface area contributed by atoms with Crippen LogP contribution in [-0.4, -0.2) is 13.5 Å². The molecule has 20 heavy (non-hydrogen) atoms. The lowest BCUT2D eigenvalue weighted by molar-refractivity contribution is 0.609. The van der Waals surface area contributed by atoms with Crippen LogP contribution in [0.15, 0.2) is 59.5 Å². The molecule has 0 spiro atoms. The van der Waals surface area contributed by atoms with Gasteiger partial charge in [0.2, 0.25) is 0 Å². The molecule has 0 unspecified atom stereocenters. The van der Waals surface area contributed by atoms with E-state index in [0.29, 0.717) is 10.8 Å². The molecule has 0 aromatic heterocycles. The fourth-order valence-electron chi connectivity index (χ4n) is 1.52. The predicted octanol–water partition coefficient (Wildman–Crippen LogP) is 3.42. The monoisotopic (exact) mass is 326 g/mol. The zero-order valence-electron chi connectivity index (χ0n) is 10.2. The molecule has 7 heteroatoms. The van der Waals surface area contributed by atoms with E-state index in [4.69, 9.17) is 22.9 Å². The number of anilines is 2. The third-order valence-corrected chi connectivity index (χ3v) is 4.00. The Hall–Kier alpha value is -1.63. The minimum atomic E-state index is -3.70. The van der Waals surface area contributed by atoms with Crippen LogP contribution in [0.1, 0.15) is 0 Å². The van der Waals surface area contributed by atoms with Crippen molar-refractivity contribution < 1.29 is 8.42 Å². The third kappa shape index (κ3) is 4.19. The van der Waals surface area contributed by atoms with Crippen molar-refractivity contribution >= 4 is 48.4 Å². The lowest BCUT2D eigenvalue weighted by Gasteiger charge is -2.10. The van der Waals surface area contributed by atoms with E-state index < -0.39 is 9.05 Å². The molecule has 0 bridgehead atoms. The first-order valence-electron chi connectivity index (χ1n) is 5.63. The highest BCUT2D eigenvalue weighted by Gasteiger charge is 2.09. The van der Waals surface area contributed by atoms with Gasteiger partial charge in [-0.3, -0.25) is 0 Å². The first-order chi connectivity index (χ1) is 9.45. The van der Waals surface area contributed by atoms with Crippen LogP contribution >= 0.6 is 22.9 Å². The van der Waals surface area contributed by atoms with E-state index in [9.17, 15) is 8.42 Å². The molecule has 0 aliphatic heterocycles. The van der Waals surface area contributed by atoms with Crippen LogP contribution < -0.4 is 10.6 Å². The van der Waals surface area contributed by atoms with Gasteiger partial charge in [-0.2, -0.15) is 0 Å². The van der Waals surface area contributed by atoms with Gasteiger partial charge in [-0.05, 0) is 48.6 Å². The third-order valence-electron chi connectivity index (χ3n) is 2.43. The number of hydrogen-bond acceptors (Lipinski definition) is 3. The highest BCUT2D eigenvalue weighted by atomic mass is 35.7. The second-order valence-electron chi connectivity index (χ2n) is 3.91. The Kier molecular flexibility index (Phi) is 4.59. The van der Waals surface area contributed by atoms with E-state index in [2.05, 4.69) is 10.6 Å². The largest absolute Gasteiger partial charge is 0.332 e. The molecule has 0 heterocycles. The van der Waals surface area contributed by atoms with E-state index >= 15 is 0 Å². The predicted molar refractivity (Wildman–Crippen MR) is 85.8 cm³/mol. The van der Waals surface area contributed by atoms with E-state index in [-0.39, 0.29) is 4.90 Å². The van der Waals surface area contributed by atoms with Gasteiger partial charge < -0.3 is 10.6 Å². The van der Waals surface area contributed by atoms with Gasteiger partial charge in [-0.25, -0.2) is 8.42 Å². The van der Waals surface area contributed by atoms with Crippen LogP contribution in [0.25, 0.3) is 0 Å². The minimum Gasteiger partial charge on any atom is -0.332 e. The fraction of sp³-hybridized carbons (Fsp3) is 0. The molecule has 0 atom stereocenters. The summed E-state index contributed by atoms with van der Waals surface area (Å²) in [6.45, 7) is 0. The molecule has 2 aromatic rings. The Morgan fingerprint density at radius 1 is 0.900 bits per heavy atom. The minimum absolute atomic E-state index is 0.0478. The number of hydrogen-bond donors (Lipinski definition) is 2. The topological polar surface area (TPSA) is 58.2 Å². The summed E-state index contributed by atoms with van der Waals surface area (Å²) < 4.78 is 22.2. The van der Waals surface area contributed by atoms with Gasteiger partial charge in [0.05, 0.1) is 4.90 Å². The van der Waals surface area contributed by atoms with E-state index in [0.717, 1.165) is 5.69 Å². The van der Waals surface area contributed by atoms with E-state index in [1.165, 1.54) is 12.1 Å². The van der Waals surface area contributed by atoms with E-state index in [1.807, 2.05) is 30.3 Å². The molecule has 0 saturated heterocycles. The Morgan fingerprint density at radius 3 is 1.90 bits per heavy atom. The Labute approximate surface area is 127 Å². The summed E-state index contributed by atoms with van der Waals surface area (Å²) in [5.41, 5.74) is 1.53. The van der Waals surface area contributed by atoms with Crippen molar-refractivity contribution in [3.05, 3.63) is 54.6 Å². The van der Waals surface area contributed by atoms with Crippen molar-refractivity contribution in [2.75, 3.05) is 10.6 Å². The standard InChI is InChI=1S/C13H11ClN2O2S2/c14-20(17,18)12-8-6-11(7-9-12)16-13(19)15-10-4-2-1-3-5-10/h1-9H,(H2,15,16,19). The maximum atomic E-state index is 11.1. The lowest BCUT2D eigenvalue weighted by atomic mass is 10.3. The van der Waals surface area contributed by atoms with Gasteiger partial charge >= 0.3 is 0 Å². The van der Waals surface area contributed by atoms with Crippen LogP contribution in [0.2, 0.25) is 0 Å². The van der Waals surface area contributed by atoms with Gasteiger partial charge in [0.1, 0.15) is 0 Å². The maximum Gasteiger partial charge on any atom is 0.261 e. The maximum absolute atomic E-state index is 11.1. The molecule has 0 radical (unpaired) electrons. The van der Waals surface area contributed by atoms with Crippen molar-refractivity contribution in [3.63, 3.8) is 0 Å². The van der Waals surface area contributed by atoms with Crippen molar-refractivity contribution in [1.29, 1.82) is 0 Å². The average Bonchev–Trinajstić information content (AvgIpc) is 2.39. The zero-order valence-corrected chi connectivity index (χ0v) is 12.6. The van der Waals surface area contributed by atoms with Crippen molar-refractivity contribution in [2.24, 2.45) is 0 Å². The fourth-order valence-corrected chi connectivity index (χ4v) is 2.52. The molecule has 0 amide bonds. The van der Waals surface area contributed by atoms with Gasteiger partial charge in [-0.1, -0.05) is 18.2 Å². The first kappa shape index (κ1) is 14.8. The number of nitrogens with one attached hydrogen (secondary N) is 2. The Bertz CT molecular complexity index is 701. The van der Waals surface area contributed by atoms with Crippen molar-refractivity contribution in [2.45, 2.75) is 4.90 Å². The second-order valence-corrected chi connectivity index (χ2v) is 6.88. The number of halogens is 1. The molecule has 2 aromatic carbocycles. The molecule has 104 valence electrons. The quantitative estimate of drug-likeness (QED) is 0.668. The van der Waals surface area contributed by atoms with Crippen molar-refractivity contribution in [3.8, 4) is 0 Å². The van der Waals surface area contributed by atoms with Gasteiger partial charge in [0, 0.05) is 22.1 Å². The van der Waals surface area contributed by atoms with Gasteiger partial charge in [0.15, 0.2) is 5.11 Å². The normalized spacial score (nSPS) is 10.8. The van der Waals surface area contributed by atoms with Crippen LogP contribution in [-0.2, 0) is 9.05 Å². The number of rotatable bonds is 3. The molecule has 4 nitrogen and oxygen atoms in total. The van der Waals surface area contributed by atoms with Gasteiger partial charge in [0.25, 0.3) is 9.05 Å². The molecule has 2 N–H and O–H groups in total. The summed E-state index contributed by atoms with van der Waals surface area (Å²) >= 11 is 5.16. The molecule has 0 aliphatic rings. The Balaban J connectivity index is 2.02. The molecule has 2 rings (SSSR count). The SMILES string of the molecule is O=S(=O)(Cl)c1ccc(NC(=S)Nc2ccccc2)cc1. The molecule has 0 saturated carbocycles. The summed E-state index contributed by atoms with van der Waals surface area (Å²) in [6.07, 6.45) is 0. The summed E-state index contributed by atoms with van der Waals surface area (Å²) in [4.78, 5) is 0.0478. The summed E-state index contributed by atoms with van der Waals surface area (Å²) in [5.74, 6) is 0. The number of thiocarbonyl (C=S) groups is 1. The number of para-hydroxylation sites is 1. The molecular formula is C13H11ClN2O2S2. The van der Waals surface area contributed by atoms with Crippen LogP contribution in [0.4, 0.5) is 11.4 Å².